The minimum atomic E-state index is -3.72. The predicted octanol–water partition coefficient (Wildman–Crippen LogP) is 3.66. The molecule has 158 valence electrons. The highest BCUT2D eigenvalue weighted by Crippen LogP contribution is 2.19. The number of carbonyl (C=O) groups is 2. The van der Waals surface area contributed by atoms with Gasteiger partial charge in [0.25, 0.3) is 21.8 Å². The van der Waals surface area contributed by atoms with Crippen molar-refractivity contribution in [1.29, 1.82) is 0 Å². The van der Waals surface area contributed by atoms with Gasteiger partial charge in [-0.05, 0) is 48.5 Å². The first-order valence-electron chi connectivity index (χ1n) is 9.38. The van der Waals surface area contributed by atoms with Crippen LogP contribution >= 0.6 is 0 Å². The van der Waals surface area contributed by atoms with Gasteiger partial charge in [0.05, 0.1) is 16.1 Å². The second-order valence-electron chi connectivity index (χ2n) is 6.49. The number of benzene rings is 3. The van der Waals surface area contributed by atoms with E-state index < -0.39 is 15.9 Å². The molecule has 7 nitrogen and oxygen atoms in total. The summed E-state index contributed by atoms with van der Waals surface area (Å²) in [6, 6.07) is 20.6. The van der Waals surface area contributed by atoms with E-state index in [-0.39, 0.29) is 10.8 Å². The minimum Gasteiger partial charge on any atom is -0.349 e. The maximum absolute atomic E-state index is 12.6. The van der Waals surface area contributed by atoms with Gasteiger partial charge in [0.1, 0.15) is 0 Å². The number of sulfonamides is 1. The Hall–Kier alpha value is -3.91. The summed E-state index contributed by atoms with van der Waals surface area (Å²) in [5.74, 6) is -0.761. The second kappa shape index (κ2) is 9.73. The fourth-order valence-corrected chi connectivity index (χ4v) is 3.83. The molecule has 3 aromatic carbocycles. The maximum Gasteiger partial charge on any atom is 0.261 e. The van der Waals surface area contributed by atoms with Crippen LogP contribution in [0, 0.1) is 0 Å². The lowest BCUT2D eigenvalue weighted by molar-refractivity contribution is 0.0959. The summed E-state index contributed by atoms with van der Waals surface area (Å²) in [6.45, 7) is 3.86. The first-order chi connectivity index (χ1) is 14.9. The Labute approximate surface area is 180 Å². The van der Waals surface area contributed by atoms with Gasteiger partial charge >= 0.3 is 0 Å². The summed E-state index contributed by atoms with van der Waals surface area (Å²) in [5, 5.41) is 5.38. The molecule has 0 heterocycles. The van der Waals surface area contributed by atoms with E-state index >= 15 is 0 Å². The third-order valence-corrected chi connectivity index (χ3v) is 5.68. The summed E-state index contributed by atoms with van der Waals surface area (Å²) < 4.78 is 27.3. The summed E-state index contributed by atoms with van der Waals surface area (Å²) in [6.07, 6.45) is 1.56. The van der Waals surface area contributed by atoms with Gasteiger partial charge < -0.3 is 10.6 Å². The first-order valence-corrected chi connectivity index (χ1v) is 10.9. The van der Waals surface area contributed by atoms with Gasteiger partial charge in [-0.1, -0.05) is 36.4 Å². The number of para-hydroxylation sites is 1. The number of carbonyl (C=O) groups excluding carboxylic acids is 2. The Kier molecular flexibility index (Phi) is 6.84. The zero-order valence-corrected chi connectivity index (χ0v) is 17.4. The van der Waals surface area contributed by atoms with Crippen molar-refractivity contribution < 1.29 is 18.0 Å². The summed E-state index contributed by atoms with van der Waals surface area (Å²) in [7, 11) is -3.72. The Morgan fingerprint density at radius 2 is 1.48 bits per heavy atom. The zero-order valence-electron chi connectivity index (χ0n) is 16.5. The number of anilines is 2. The molecule has 31 heavy (non-hydrogen) atoms. The zero-order chi connectivity index (χ0) is 22.3. The molecule has 0 aliphatic carbocycles. The smallest absolute Gasteiger partial charge is 0.261 e. The van der Waals surface area contributed by atoms with Crippen LogP contribution in [0.15, 0.2) is 96.4 Å². The van der Waals surface area contributed by atoms with Crippen LogP contribution < -0.4 is 15.4 Å². The molecule has 0 saturated carbocycles. The fourth-order valence-electron chi connectivity index (χ4n) is 2.75. The Bertz CT molecular complexity index is 1190. The molecule has 2 amide bonds. The molecule has 0 aliphatic rings. The molecule has 0 spiro atoms. The molecule has 0 atom stereocenters. The van der Waals surface area contributed by atoms with E-state index in [1.54, 1.807) is 48.5 Å². The number of rotatable bonds is 8. The Morgan fingerprint density at radius 3 is 2.16 bits per heavy atom. The number of nitrogens with one attached hydrogen (secondary N) is 3. The molecule has 0 aliphatic heterocycles. The summed E-state index contributed by atoms with van der Waals surface area (Å²) in [5.41, 5.74) is 1.32. The molecule has 3 rings (SSSR count). The van der Waals surface area contributed by atoms with Crippen LogP contribution in [0.2, 0.25) is 0 Å². The van der Waals surface area contributed by atoms with E-state index in [9.17, 15) is 18.0 Å². The first kappa shape index (κ1) is 21.8. The van der Waals surface area contributed by atoms with Crippen LogP contribution in [0.5, 0.6) is 0 Å². The largest absolute Gasteiger partial charge is 0.349 e. The maximum atomic E-state index is 12.6. The van der Waals surface area contributed by atoms with Gasteiger partial charge in [0, 0.05) is 17.8 Å². The van der Waals surface area contributed by atoms with Crippen LogP contribution in [0.25, 0.3) is 0 Å². The van der Waals surface area contributed by atoms with E-state index in [0.717, 1.165) is 0 Å². The average molecular weight is 436 g/mol. The van der Waals surface area contributed by atoms with Crippen molar-refractivity contribution in [1.82, 2.24) is 5.32 Å². The van der Waals surface area contributed by atoms with E-state index in [1.807, 2.05) is 0 Å². The van der Waals surface area contributed by atoms with Gasteiger partial charge in [-0.3, -0.25) is 14.3 Å². The van der Waals surface area contributed by atoms with Crippen LogP contribution in [0.3, 0.4) is 0 Å². The van der Waals surface area contributed by atoms with E-state index in [1.165, 1.54) is 36.4 Å². The monoisotopic (exact) mass is 435 g/mol. The van der Waals surface area contributed by atoms with Crippen molar-refractivity contribution in [2.45, 2.75) is 4.90 Å². The summed E-state index contributed by atoms with van der Waals surface area (Å²) >= 11 is 0. The van der Waals surface area contributed by atoms with Crippen LogP contribution in [-0.2, 0) is 10.0 Å². The van der Waals surface area contributed by atoms with Gasteiger partial charge in [-0.2, -0.15) is 0 Å². The highest BCUT2D eigenvalue weighted by Gasteiger charge is 2.15. The molecule has 0 unspecified atom stereocenters. The molecule has 0 fully saturated rings. The average Bonchev–Trinajstić information content (AvgIpc) is 2.78. The standard InChI is InChI=1S/C23H21N3O4S/c1-2-16-24-23(28)20-10-6-7-11-21(20)25-22(27)17-12-14-18(15-13-17)26-31(29,30)19-8-4-3-5-9-19/h2-15,26H,1,16H2,(H,24,28)(H,25,27). The normalized spacial score (nSPS) is 10.7. The molecule has 0 bridgehead atoms. The molecule has 0 radical (unpaired) electrons. The lowest BCUT2D eigenvalue weighted by Crippen LogP contribution is -2.25. The number of hydrogen-bond donors (Lipinski definition) is 3. The highest BCUT2D eigenvalue weighted by molar-refractivity contribution is 7.92. The molecule has 8 heteroatoms. The van der Waals surface area contributed by atoms with Gasteiger partial charge in [0.2, 0.25) is 0 Å². The molecule has 3 N–H and O–H groups in total. The SMILES string of the molecule is C=CCNC(=O)c1ccccc1NC(=O)c1ccc(NS(=O)(=O)c2ccccc2)cc1. The lowest BCUT2D eigenvalue weighted by Gasteiger charge is -2.12. The highest BCUT2D eigenvalue weighted by atomic mass is 32.2. The van der Waals surface area contributed by atoms with E-state index in [2.05, 4.69) is 21.9 Å². The lowest BCUT2D eigenvalue weighted by atomic mass is 10.1. The topological polar surface area (TPSA) is 104 Å². The Morgan fingerprint density at radius 1 is 0.839 bits per heavy atom. The van der Waals surface area contributed by atoms with Crippen molar-refractivity contribution in [3.8, 4) is 0 Å². The fraction of sp³-hybridized carbons (Fsp3) is 0.0435. The van der Waals surface area contributed by atoms with Crippen molar-refractivity contribution >= 4 is 33.2 Å². The van der Waals surface area contributed by atoms with Crippen LogP contribution in [-0.4, -0.2) is 26.8 Å². The van der Waals surface area contributed by atoms with Gasteiger partial charge in [-0.25, -0.2) is 8.42 Å². The molecular formula is C23H21N3O4S. The van der Waals surface area contributed by atoms with Crippen molar-refractivity contribution in [2.24, 2.45) is 0 Å². The van der Waals surface area contributed by atoms with Crippen LogP contribution in [0.1, 0.15) is 20.7 Å². The number of hydrogen-bond acceptors (Lipinski definition) is 4. The van der Waals surface area contributed by atoms with Crippen molar-refractivity contribution in [2.75, 3.05) is 16.6 Å². The quantitative estimate of drug-likeness (QED) is 0.470. The van der Waals surface area contributed by atoms with E-state index in [4.69, 9.17) is 0 Å². The Balaban J connectivity index is 1.72. The minimum absolute atomic E-state index is 0.142. The van der Waals surface area contributed by atoms with Crippen molar-refractivity contribution in [3.05, 3.63) is 103 Å². The van der Waals surface area contributed by atoms with Gasteiger partial charge in [-0.15, -0.1) is 6.58 Å². The third kappa shape index (κ3) is 5.58. The van der Waals surface area contributed by atoms with Crippen LogP contribution in [0.4, 0.5) is 11.4 Å². The third-order valence-electron chi connectivity index (χ3n) is 4.28. The summed E-state index contributed by atoms with van der Waals surface area (Å²) in [4.78, 5) is 25.0. The predicted molar refractivity (Wildman–Crippen MR) is 121 cm³/mol. The number of amides is 2. The molecule has 0 saturated heterocycles. The molecular weight excluding hydrogens is 414 g/mol. The van der Waals surface area contributed by atoms with Crippen molar-refractivity contribution in [3.63, 3.8) is 0 Å². The second-order valence-corrected chi connectivity index (χ2v) is 8.18. The molecule has 3 aromatic rings. The molecule has 0 aromatic heterocycles. The van der Waals surface area contributed by atoms with E-state index in [0.29, 0.717) is 29.0 Å². The van der Waals surface area contributed by atoms with Gasteiger partial charge in [0.15, 0.2) is 0 Å².